The summed E-state index contributed by atoms with van der Waals surface area (Å²) in [5.41, 5.74) is 2.10. The minimum atomic E-state index is -4.68. The Morgan fingerprint density at radius 3 is 2.70 bits per heavy atom. The van der Waals surface area contributed by atoms with Crippen LogP contribution in [-0.4, -0.2) is 26.6 Å². The second-order valence-electron chi connectivity index (χ2n) is 6.02. The van der Waals surface area contributed by atoms with Gasteiger partial charge in [0.2, 0.25) is 0 Å². The summed E-state index contributed by atoms with van der Waals surface area (Å²) in [4.78, 5) is 0. The number of alkyl halides is 3. The van der Waals surface area contributed by atoms with E-state index in [1.807, 2.05) is 6.07 Å². The summed E-state index contributed by atoms with van der Waals surface area (Å²) >= 11 is 0. The number of halogens is 3. The zero-order valence-electron chi connectivity index (χ0n) is 13.6. The van der Waals surface area contributed by atoms with Gasteiger partial charge in [0.05, 0.1) is 0 Å². The Bertz CT molecular complexity index is 509. The van der Waals surface area contributed by atoms with Crippen molar-refractivity contribution in [1.29, 1.82) is 0 Å². The molecule has 0 amide bonds. The van der Waals surface area contributed by atoms with E-state index < -0.39 is 6.36 Å². The first kappa shape index (κ1) is 17.9. The Kier molecular flexibility index (Phi) is 6.16. The van der Waals surface area contributed by atoms with Crippen LogP contribution in [0.3, 0.4) is 0 Å². The van der Waals surface area contributed by atoms with Crippen LogP contribution in [0, 0.1) is 12.8 Å². The molecule has 0 saturated carbocycles. The number of ether oxygens (including phenoxy) is 2. The Morgan fingerprint density at radius 2 is 2.00 bits per heavy atom. The molecule has 23 heavy (non-hydrogen) atoms. The molecule has 130 valence electrons. The lowest BCUT2D eigenvalue weighted by molar-refractivity contribution is -0.274. The topological polar surface area (TPSA) is 30.5 Å². The van der Waals surface area contributed by atoms with Crippen LogP contribution in [-0.2, 0) is 11.2 Å². The van der Waals surface area contributed by atoms with Gasteiger partial charge in [-0.15, -0.1) is 13.2 Å². The standard InChI is InChI=1S/C17H24F3NO2/c1-12-14(9-13-5-3-4-7-22-8-6-13)10-15(21-2)11-16(12)23-17(18,19)20/h10-11,13,21H,3-9H2,1-2H3. The predicted molar refractivity (Wildman–Crippen MR) is 83.9 cm³/mol. The monoisotopic (exact) mass is 331 g/mol. The van der Waals surface area contributed by atoms with E-state index >= 15 is 0 Å². The van der Waals surface area contributed by atoms with E-state index in [9.17, 15) is 13.2 Å². The average molecular weight is 331 g/mol. The summed E-state index contributed by atoms with van der Waals surface area (Å²) < 4.78 is 47.5. The molecule has 1 aliphatic rings. The number of rotatable bonds is 4. The Hall–Kier alpha value is -1.43. The van der Waals surface area contributed by atoms with E-state index in [0.29, 0.717) is 17.2 Å². The summed E-state index contributed by atoms with van der Waals surface area (Å²) in [6.45, 7) is 3.22. The highest BCUT2D eigenvalue weighted by molar-refractivity contribution is 5.55. The molecule has 0 aliphatic carbocycles. The molecule has 0 spiro atoms. The minimum absolute atomic E-state index is 0.124. The predicted octanol–water partition coefficient (Wildman–Crippen LogP) is 4.68. The molecule has 1 atom stereocenters. The zero-order chi connectivity index (χ0) is 16.9. The first-order valence-corrected chi connectivity index (χ1v) is 8.04. The van der Waals surface area contributed by atoms with Crippen molar-refractivity contribution in [2.45, 2.75) is 45.4 Å². The Balaban J connectivity index is 2.20. The lowest BCUT2D eigenvalue weighted by Gasteiger charge is -2.22. The van der Waals surface area contributed by atoms with E-state index in [2.05, 4.69) is 10.1 Å². The molecule has 0 radical (unpaired) electrons. The van der Waals surface area contributed by atoms with Gasteiger partial charge in [-0.1, -0.05) is 6.42 Å². The van der Waals surface area contributed by atoms with Crippen LogP contribution >= 0.6 is 0 Å². The fourth-order valence-electron chi connectivity index (χ4n) is 2.98. The fourth-order valence-corrected chi connectivity index (χ4v) is 2.98. The molecule has 1 unspecified atom stereocenters. The van der Waals surface area contributed by atoms with Crippen LogP contribution in [0.4, 0.5) is 18.9 Å². The molecule has 0 aromatic heterocycles. The number of hydrogen-bond donors (Lipinski definition) is 1. The first-order chi connectivity index (χ1) is 10.9. The molecular weight excluding hydrogens is 307 g/mol. The highest BCUT2D eigenvalue weighted by Gasteiger charge is 2.32. The third kappa shape index (κ3) is 5.61. The molecule has 3 nitrogen and oxygen atoms in total. The molecule has 1 aromatic rings. The van der Waals surface area contributed by atoms with Gasteiger partial charge in [0.25, 0.3) is 0 Å². The van der Waals surface area contributed by atoms with Gasteiger partial charge in [0.15, 0.2) is 0 Å². The third-order valence-corrected chi connectivity index (χ3v) is 4.31. The van der Waals surface area contributed by atoms with Crippen LogP contribution in [0.2, 0.25) is 0 Å². The van der Waals surface area contributed by atoms with Crippen molar-refractivity contribution < 1.29 is 22.6 Å². The van der Waals surface area contributed by atoms with Gasteiger partial charge in [-0.3, -0.25) is 0 Å². The summed E-state index contributed by atoms with van der Waals surface area (Å²) in [6.07, 6.45) is 0.248. The number of hydrogen-bond acceptors (Lipinski definition) is 3. The van der Waals surface area contributed by atoms with Gasteiger partial charge < -0.3 is 14.8 Å². The van der Waals surface area contributed by atoms with Crippen LogP contribution in [0.15, 0.2) is 12.1 Å². The summed E-state index contributed by atoms with van der Waals surface area (Å²) in [5, 5.41) is 2.91. The molecule has 1 N–H and O–H groups in total. The Morgan fingerprint density at radius 1 is 1.22 bits per heavy atom. The highest BCUT2D eigenvalue weighted by Crippen LogP contribution is 2.33. The van der Waals surface area contributed by atoms with E-state index in [-0.39, 0.29) is 5.75 Å². The molecule has 2 rings (SSSR count). The van der Waals surface area contributed by atoms with Crippen LogP contribution in [0.1, 0.15) is 36.8 Å². The lowest BCUT2D eigenvalue weighted by atomic mass is 9.89. The van der Waals surface area contributed by atoms with Gasteiger partial charge in [-0.25, -0.2) is 0 Å². The SMILES string of the molecule is CNc1cc(CC2CCCCOCC2)c(C)c(OC(F)(F)F)c1. The van der Waals surface area contributed by atoms with E-state index in [1.54, 1.807) is 14.0 Å². The maximum atomic E-state index is 12.6. The third-order valence-electron chi connectivity index (χ3n) is 4.31. The quantitative estimate of drug-likeness (QED) is 0.868. The first-order valence-electron chi connectivity index (χ1n) is 8.04. The van der Waals surface area contributed by atoms with Gasteiger partial charge in [-0.2, -0.15) is 0 Å². The van der Waals surface area contributed by atoms with Gasteiger partial charge >= 0.3 is 6.36 Å². The smallest absolute Gasteiger partial charge is 0.405 e. The molecule has 1 aliphatic heterocycles. The summed E-state index contributed by atoms with van der Waals surface area (Å²) in [6, 6.07) is 3.31. The van der Waals surface area contributed by atoms with Crippen LogP contribution < -0.4 is 10.1 Å². The average Bonchev–Trinajstić information content (AvgIpc) is 2.44. The van der Waals surface area contributed by atoms with E-state index in [4.69, 9.17) is 4.74 Å². The number of nitrogens with one attached hydrogen (secondary N) is 1. The zero-order valence-corrected chi connectivity index (χ0v) is 13.6. The Labute approximate surface area is 135 Å². The van der Waals surface area contributed by atoms with E-state index in [1.165, 1.54) is 6.07 Å². The summed E-state index contributed by atoms with van der Waals surface area (Å²) in [7, 11) is 1.69. The van der Waals surface area contributed by atoms with Crippen molar-refractivity contribution in [3.05, 3.63) is 23.3 Å². The molecule has 0 bridgehead atoms. The molecular formula is C17H24F3NO2. The largest absolute Gasteiger partial charge is 0.573 e. The fraction of sp³-hybridized carbons (Fsp3) is 0.647. The summed E-state index contributed by atoms with van der Waals surface area (Å²) in [5.74, 6) is 0.307. The molecule has 6 heteroatoms. The van der Waals surface area contributed by atoms with Crippen LogP contribution in [0.25, 0.3) is 0 Å². The van der Waals surface area contributed by atoms with Crippen molar-refractivity contribution in [2.75, 3.05) is 25.6 Å². The van der Waals surface area contributed by atoms with Gasteiger partial charge in [0, 0.05) is 32.0 Å². The van der Waals surface area contributed by atoms with Crippen molar-refractivity contribution in [2.24, 2.45) is 5.92 Å². The maximum Gasteiger partial charge on any atom is 0.573 e. The number of anilines is 1. The second-order valence-corrected chi connectivity index (χ2v) is 6.02. The van der Waals surface area contributed by atoms with Crippen molar-refractivity contribution >= 4 is 5.69 Å². The highest BCUT2D eigenvalue weighted by atomic mass is 19.4. The van der Waals surface area contributed by atoms with Crippen molar-refractivity contribution in [1.82, 2.24) is 0 Å². The second kappa shape index (κ2) is 7.90. The van der Waals surface area contributed by atoms with Gasteiger partial charge in [-0.05, 0) is 55.7 Å². The molecule has 1 fully saturated rings. The molecule has 1 saturated heterocycles. The molecule has 1 aromatic carbocycles. The van der Waals surface area contributed by atoms with Crippen LogP contribution in [0.5, 0.6) is 5.75 Å². The number of benzene rings is 1. The minimum Gasteiger partial charge on any atom is -0.405 e. The normalized spacial score (nSPS) is 19.8. The maximum absolute atomic E-state index is 12.6. The molecule has 1 heterocycles. The lowest BCUT2D eigenvalue weighted by Crippen LogP contribution is -2.19. The van der Waals surface area contributed by atoms with Crippen molar-refractivity contribution in [3.63, 3.8) is 0 Å². The van der Waals surface area contributed by atoms with Crippen molar-refractivity contribution in [3.8, 4) is 5.75 Å². The van der Waals surface area contributed by atoms with E-state index in [0.717, 1.165) is 50.9 Å². The van der Waals surface area contributed by atoms with Gasteiger partial charge in [0.1, 0.15) is 5.75 Å².